The maximum absolute atomic E-state index is 12.7. The van der Waals surface area contributed by atoms with Gasteiger partial charge in [0.15, 0.2) is 11.5 Å². The molecule has 0 saturated carbocycles. The number of halogens is 3. The number of hydrogen-bond donors (Lipinski definition) is 1. The summed E-state index contributed by atoms with van der Waals surface area (Å²) in [5.74, 6) is 5.62. The van der Waals surface area contributed by atoms with Gasteiger partial charge in [-0.25, -0.2) is 8.42 Å². The molecule has 0 unspecified atom stereocenters. The summed E-state index contributed by atoms with van der Waals surface area (Å²) in [6.07, 6.45) is -4.47. The summed E-state index contributed by atoms with van der Waals surface area (Å²) in [7, 11) is -1.07. The van der Waals surface area contributed by atoms with Gasteiger partial charge in [0.05, 0.1) is 31.2 Å². The Balaban J connectivity index is 2.10. The van der Waals surface area contributed by atoms with Crippen LogP contribution >= 0.6 is 0 Å². The molecule has 0 saturated heterocycles. The average molecular weight is 399 g/mol. The SMILES string of the molecule is COc1ccc(S(=O)(=O)NCC#Cc2cccc(C(F)(F)F)c2)cc1OC. The van der Waals surface area contributed by atoms with Gasteiger partial charge < -0.3 is 9.47 Å². The fourth-order valence-corrected chi connectivity index (χ4v) is 3.06. The molecule has 2 aromatic rings. The molecule has 0 atom stereocenters. The normalized spacial score (nSPS) is 11.4. The van der Waals surface area contributed by atoms with Crippen LogP contribution in [0, 0.1) is 11.8 Å². The van der Waals surface area contributed by atoms with Crippen molar-refractivity contribution in [3.05, 3.63) is 53.6 Å². The summed E-state index contributed by atoms with van der Waals surface area (Å²) < 4.78 is 74.9. The molecule has 0 aliphatic carbocycles. The first-order valence-corrected chi connectivity index (χ1v) is 9.03. The summed E-state index contributed by atoms with van der Waals surface area (Å²) in [6, 6.07) is 8.56. The molecule has 0 spiro atoms. The lowest BCUT2D eigenvalue weighted by atomic mass is 10.1. The van der Waals surface area contributed by atoms with Crippen LogP contribution < -0.4 is 14.2 Å². The van der Waals surface area contributed by atoms with E-state index in [1.54, 1.807) is 0 Å². The molecule has 2 aromatic carbocycles. The highest BCUT2D eigenvalue weighted by atomic mass is 32.2. The third-order valence-electron chi connectivity index (χ3n) is 3.44. The lowest BCUT2D eigenvalue weighted by Crippen LogP contribution is -2.24. The standard InChI is InChI=1S/C18H16F3NO4S/c1-25-16-9-8-15(12-17(16)26-2)27(23,24)22-10-4-6-13-5-3-7-14(11-13)18(19,20)21/h3,5,7-9,11-12,22H,10H2,1-2H3. The Labute approximate surface area is 155 Å². The summed E-state index contributed by atoms with van der Waals surface area (Å²) in [4.78, 5) is -0.0546. The highest BCUT2D eigenvalue weighted by Gasteiger charge is 2.30. The van der Waals surface area contributed by atoms with Gasteiger partial charge in [0.1, 0.15) is 0 Å². The molecule has 0 amide bonds. The minimum absolute atomic E-state index is 0.0546. The number of sulfonamides is 1. The molecule has 0 radical (unpaired) electrons. The molecule has 2 rings (SSSR count). The summed E-state index contributed by atoms with van der Waals surface area (Å²) >= 11 is 0. The van der Waals surface area contributed by atoms with E-state index in [-0.39, 0.29) is 22.8 Å². The lowest BCUT2D eigenvalue weighted by Gasteiger charge is -2.10. The van der Waals surface area contributed by atoms with E-state index in [1.807, 2.05) is 0 Å². The van der Waals surface area contributed by atoms with E-state index < -0.39 is 21.8 Å². The topological polar surface area (TPSA) is 64.6 Å². The average Bonchev–Trinajstić information content (AvgIpc) is 2.64. The first-order chi connectivity index (χ1) is 12.7. The Morgan fingerprint density at radius 3 is 2.37 bits per heavy atom. The Kier molecular flexibility index (Phi) is 6.36. The monoisotopic (exact) mass is 399 g/mol. The highest BCUT2D eigenvalue weighted by molar-refractivity contribution is 7.89. The minimum atomic E-state index is -4.47. The largest absolute Gasteiger partial charge is 0.493 e. The van der Waals surface area contributed by atoms with E-state index in [4.69, 9.17) is 9.47 Å². The van der Waals surface area contributed by atoms with E-state index in [1.165, 1.54) is 44.6 Å². The van der Waals surface area contributed by atoms with E-state index >= 15 is 0 Å². The first kappa shape index (κ1) is 20.6. The van der Waals surface area contributed by atoms with Gasteiger partial charge in [-0.15, -0.1) is 0 Å². The number of rotatable bonds is 5. The molecule has 0 bridgehead atoms. The molecule has 0 aliphatic rings. The molecule has 5 nitrogen and oxygen atoms in total. The van der Waals surface area contributed by atoms with Crippen molar-refractivity contribution in [1.82, 2.24) is 4.72 Å². The number of alkyl halides is 3. The van der Waals surface area contributed by atoms with Crippen molar-refractivity contribution in [3.8, 4) is 23.3 Å². The zero-order chi connectivity index (χ0) is 20.1. The Bertz CT molecular complexity index is 976. The maximum atomic E-state index is 12.7. The van der Waals surface area contributed by atoms with Crippen molar-refractivity contribution < 1.29 is 31.1 Å². The van der Waals surface area contributed by atoms with Crippen LogP contribution in [0.2, 0.25) is 0 Å². The highest BCUT2D eigenvalue weighted by Crippen LogP contribution is 2.30. The molecule has 1 N–H and O–H groups in total. The van der Waals surface area contributed by atoms with Crippen molar-refractivity contribution in [2.45, 2.75) is 11.1 Å². The molecule has 9 heteroatoms. The van der Waals surface area contributed by atoms with Crippen LogP contribution in [0.5, 0.6) is 11.5 Å². The molecule has 0 aliphatic heterocycles. The zero-order valence-corrected chi connectivity index (χ0v) is 15.2. The van der Waals surface area contributed by atoms with Crippen LogP contribution in [0.3, 0.4) is 0 Å². The second-order valence-electron chi connectivity index (χ2n) is 5.22. The third-order valence-corrected chi connectivity index (χ3v) is 4.84. The van der Waals surface area contributed by atoms with Gasteiger partial charge in [-0.1, -0.05) is 17.9 Å². The molecular formula is C18H16F3NO4S. The van der Waals surface area contributed by atoms with Crippen LogP contribution in [0.1, 0.15) is 11.1 Å². The number of hydrogen-bond acceptors (Lipinski definition) is 4. The van der Waals surface area contributed by atoms with E-state index in [0.29, 0.717) is 5.75 Å². The van der Waals surface area contributed by atoms with Crippen molar-refractivity contribution in [2.75, 3.05) is 20.8 Å². The molecular weight excluding hydrogens is 383 g/mol. The zero-order valence-electron chi connectivity index (χ0n) is 14.4. The summed E-state index contributed by atoms with van der Waals surface area (Å²) in [5, 5.41) is 0. The van der Waals surface area contributed by atoms with Crippen LogP contribution in [0.4, 0.5) is 13.2 Å². The van der Waals surface area contributed by atoms with Crippen LogP contribution in [0.15, 0.2) is 47.4 Å². The van der Waals surface area contributed by atoms with Gasteiger partial charge in [-0.05, 0) is 30.3 Å². The van der Waals surface area contributed by atoms with E-state index in [0.717, 1.165) is 12.1 Å². The summed E-state index contributed by atoms with van der Waals surface area (Å²) in [5.41, 5.74) is -0.685. The first-order valence-electron chi connectivity index (χ1n) is 7.55. The second-order valence-corrected chi connectivity index (χ2v) is 6.99. The van der Waals surface area contributed by atoms with Crippen molar-refractivity contribution >= 4 is 10.0 Å². The van der Waals surface area contributed by atoms with Gasteiger partial charge in [0.2, 0.25) is 10.0 Å². The molecule has 144 valence electrons. The van der Waals surface area contributed by atoms with E-state index in [2.05, 4.69) is 16.6 Å². The summed E-state index contributed by atoms with van der Waals surface area (Å²) in [6.45, 7) is -0.271. The smallest absolute Gasteiger partial charge is 0.416 e. The van der Waals surface area contributed by atoms with E-state index in [9.17, 15) is 21.6 Å². The molecule has 0 heterocycles. The van der Waals surface area contributed by atoms with Gasteiger partial charge in [0, 0.05) is 11.6 Å². The number of ether oxygens (including phenoxy) is 2. The fraction of sp³-hybridized carbons (Fsp3) is 0.222. The molecule has 0 fully saturated rings. The lowest BCUT2D eigenvalue weighted by molar-refractivity contribution is -0.137. The number of benzene rings is 2. The molecule has 0 aromatic heterocycles. The Morgan fingerprint density at radius 2 is 1.74 bits per heavy atom. The van der Waals surface area contributed by atoms with Gasteiger partial charge in [-0.3, -0.25) is 0 Å². The van der Waals surface area contributed by atoms with Crippen molar-refractivity contribution in [3.63, 3.8) is 0 Å². The van der Waals surface area contributed by atoms with Crippen molar-refractivity contribution in [1.29, 1.82) is 0 Å². The van der Waals surface area contributed by atoms with Crippen LogP contribution in [0.25, 0.3) is 0 Å². The number of nitrogens with one attached hydrogen (secondary N) is 1. The van der Waals surface area contributed by atoms with Crippen LogP contribution in [-0.2, 0) is 16.2 Å². The Morgan fingerprint density at radius 1 is 1.04 bits per heavy atom. The van der Waals surface area contributed by atoms with Gasteiger partial charge >= 0.3 is 6.18 Å². The Hall–Kier alpha value is -2.70. The molecule has 27 heavy (non-hydrogen) atoms. The van der Waals surface area contributed by atoms with Gasteiger partial charge in [0.25, 0.3) is 0 Å². The quantitative estimate of drug-likeness (QED) is 0.785. The number of methoxy groups -OCH3 is 2. The van der Waals surface area contributed by atoms with Gasteiger partial charge in [-0.2, -0.15) is 17.9 Å². The second kappa shape index (κ2) is 8.33. The maximum Gasteiger partial charge on any atom is 0.416 e. The minimum Gasteiger partial charge on any atom is -0.493 e. The van der Waals surface area contributed by atoms with Crippen molar-refractivity contribution in [2.24, 2.45) is 0 Å². The fourth-order valence-electron chi connectivity index (χ4n) is 2.12. The predicted molar refractivity (Wildman–Crippen MR) is 93.1 cm³/mol. The van der Waals surface area contributed by atoms with Crippen LogP contribution in [-0.4, -0.2) is 29.2 Å². The predicted octanol–water partition coefficient (Wildman–Crippen LogP) is 3.05. The third kappa shape index (κ3) is 5.39.